The van der Waals surface area contributed by atoms with Gasteiger partial charge in [-0.15, -0.1) is 0 Å². The Morgan fingerprint density at radius 1 is 0.808 bits per heavy atom. The van der Waals surface area contributed by atoms with E-state index in [1.807, 2.05) is 0 Å². The van der Waals surface area contributed by atoms with Gasteiger partial charge in [0.25, 0.3) is 0 Å². The molecule has 5 heteroatoms. The predicted molar refractivity (Wildman–Crippen MR) is 111 cm³/mol. The SMILES string of the molecule is CCCCCCCCCCCCCCCC(=O)CCC(O)COC(=O)S. The van der Waals surface area contributed by atoms with E-state index >= 15 is 0 Å². The number of aliphatic hydroxyl groups excluding tert-OH is 1. The van der Waals surface area contributed by atoms with Gasteiger partial charge in [-0.25, -0.2) is 4.79 Å². The van der Waals surface area contributed by atoms with Crippen molar-refractivity contribution >= 4 is 23.7 Å². The van der Waals surface area contributed by atoms with Crippen molar-refractivity contribution < 1.29 is 19.4 Å². The van der Waals surface area contributed by atoms with Crippen molar-refractivity contribution in [3.8, 4) is 0 Å². The molecule has 0 saturated carbocycles. The van der Waals surface area contributed by atoms with Crippen molar-refractivity contribution in [3.05, 3.63) is 0 Å². The molecule has 4 nitrogen and oxygen atoms in total. The van der Waals surface area contributed by atoms with Gasteiger partial charge in [0.15, 0.2) is 0 Å². The van der Waals surface area contributed by atoms with Crippen LogP contribution in [-0.2, 0) is 9.53 Å². The lowest BCUT2D eigenvalue weighted by Gasteiger charge is -2.09. The number of Topliss-reactive ketones (excluding diaryl/α,β-unsaturated/α-hetero) is 1. The number of rotatable bonds is 19. The van der Waals surface area contributed by atoms with Crippen LogP contribution < -0.4 is 0 Å². The Morgan fingerprint density at radius 2 is 1.27 bits per heavy atom. The predicted octanol–water partition coefficient (Wildman–Crippen LogP) is 6.24. The smallest absolute Gasteiger partial charge is 0.364 e. The van der Waals surface area contributed by atoms with E-state index in [9.17, 15) is 14.7 Å². The molecule has 0 aromatic heterocycles. The fourth-order valence-corrected chi connectivity index (χ4v) is 3.12. The zero-order chi connectivity index (χ0) is 19.5. The van der Waals surface area contributed by atoms with E-state index in [-0.39, 0.29) is 12.4 Å². The summed E-state index contributed by atoms with van der Waals surface area (Å²) in [4.78, 5) is 22.3. The van der Waals surface area contributed by atoms with E-state index in [4.69, 9.17) is 0 Å². The molecule has 26 heavy (non-hydrogen) atoms. The first-order valence-corrected chi connectivity index (χ1v) is 11.1. The van der Waals surface area contributed by atoms with Crippen molar-refractivity contribution in [2.24, 2.45) is 0 Å². The van der Waals surface area contributed by atoms with Crippen LogP contribution in [0.5, 0.6) is 0 Å². The zero-order valence-corrected chi connectivity index (χ0v) is 17.6. The average molecular weight is 389 g/mol. The largest absolute Gasteiger partial charge is 0.455 e. The Morgan fingerprint density at radius 3 is 1.73 bits per heavy atom. The number of thiol groups is 1. The summed E-state index contributed by atoms with van der Waals surface area (Å²) in [6, 6.07) is 0. The summed E-state index contributed by atoms with van der Waals surface area (Å²) in [6.45, 7) is 2.17. The van der Waals surface area contributed by atoms with Crippen molar-refractivity contribution in [2.75, 3.05) is 6.61 Å². The van der Waals surface area contributed by atoms with Crippen LogP contribution in [0.1, 0.15) is 110 Å². The van der Waals surface area contributed by atoms with Crippen LogP contribution in [0, 0.1) is 0 Å². The van der Waals surface area contributed by atoms with E-state index in [1.165, 1.54) is 70.6 Å². The molecule has 0 aromatic carbocycles. The zero-order valence-electron chi connectivity index (χ0n) is 16.7. The van der Waals surface area contributed by atoms with Gasteiger partial charge in [0.1, 0.15) is 12.4 Å². The Balaban J connectivity index is 3.26. The van der Waals surface area contributed by atoms with Crippen LogP contribution in [0.15, 0.2) is 0 Å². The molecular formula is C21H40O4S. The van der Waals surface area contributed by atoms with Crippen molar-refractivity contribution in [1.29, 1.82) is 0 Å². The molecule has 0 aliphatic carbocycles. The quantitative estimate of drug-likeness (QED) is 0.156. The van der Waals surface area contributed by atoms with Crippen LogP contribution in [0.4, 0.5) is 4.79 Å². The summed E-state index contributed by atoms with van der Waals surface area (Å²) in [5.74, 6) is 0.185. The molecule has 0 spiro atoms. The molecule has 0 rings (SSSR count). The van der Waals surface area contributed by atoms with Crippen LogP contribution in [0.2, 0.25) is 0 Å². The molecule has 0 fully saturated rings. The van der Waals surface area contributed by atoms with Gasteiger partial charge >= 0.3 is 5.30 Å². The maximum Gasteiger partial charge on any atom is 0.364 e. The lowest BCUT2D eigenvalue weighted by Crippen LogP contribution is -2.17. The van der Waals surface area contributed by atoms with Crippen LogP contribution >= 0.6 is 12.6 Å². The Hall–Kier alpha value is -0.550. The van der Waals surface area contributed by atoms with E-state index in [2.05, 4.69) is 24.3 Å². The third-order valence-corrected chi connectivity index (χ3v) is 4.84. The summed E-state index contributed by atoms with van der Waals surface area (Å²) in [5.41, 5.74) is 0. The highest BCUT2D eigenvalue weighted by atomic mass is 32.1. The summed E-state index contributed by atoms with van der Waals surface area (Å²) >= 11 is 3.46. The molecule has 0 aliphatic heterocycles. The number of unbranched alkanes of at least 4 members (excludes halogenated alkanes) is 12. The summed E-state index contributed by atoms with van der Waals surface area (Å²) < 4.78 is 4.58. The standard InChI is InChI=1S/C21H40O4S/c1-2-3-4-5-6-7-8-9-10-11-12-13-14-15-19(22)16-17-20(23)18-25-21(24)26/h20,23H,2-18H2,1H3,(H,24,26). The highest BCUT2D eigenvalue weighted by Crippen LogP contribution is 2.13. The number of aliphatic hydroxyl groups is 1. The van der Waals surface area contributed by atoms with E-state index < -0.39 is 11.4 Å². The molecule has 0 aromatic rings. The van der Waals surface area contributed by atoms with Gasteiger partial charge in [0.2, 0.25) is 0 Å². The summed E-state index contributed by atoms with van der Waals surface area (Å²) in [6.07, 6.45) is 17.4. The fraction of sp³-hybridized carbons (Fsp3) is 0.905. The van der Waals surface area contributed by atoms with Gasteiger partial charge in [-0.2, -0.15) is 0 Å². The lowest BCUT2D eigenvalue weighted by molar-refractivity contribution is -0.119. The maximum atomic E-state index is 11.8. The molecule has 154 valence electrons. The minimum absolute atomic E-state index is 0.0889. The molecule has 0 saturated heterocycles. The molecule has 0 radical (unpaired) electrons. The van der Waals surface area contributed by atoms with E-state index in [0.29, 0.717) is 19.3 Å². The molecule has 0 heterocycles. The highest BCUT2D eigenvalue weighted by molar-refractivity contribution is 7.96. The summed E-state index contributed by atoms with van der Waals surface area (Å²) in [7, 11) is 0. The van der Waals surface area contributed by atoms with E-state index in [0.717, 1.165) is 12.8 Å². The first-order chi connectivity index (χ1) is 12.6. The lowest BCUT2D eigenvalue weighted by atomic mass is 10.0. The van der Waals surface area contributed by atoms with Gasteiger partial charge in [0, 0.05) is 12.8 Å². The minimum atomic E-state index is -0.776. The number of hydrogen-bond donors (Lipinski definition) is 2. The number of ether oxygens (including phenoxy) is 1. The highest BCUT2D eigenvalue weighted by Gasteiger charge is 2.10. The molecule has 0 amide bonds. The molecule has 0 aliphatic rings. The number of carbonyl (C=O) groups excluding carboxylic acids is 2. The topological polar surface area (TPSA) is 63.6 Å². The van der Waals surface area contributed by atoms with Crippen molar-refractivity contribution in [3.63, 3.8) is 0 Å². The van der Waals surface area contributed by atoms with Gasteiger partial charge in [-0.05, 0) is 12.8 Å². The third-order valence-electron chi connectivity index (χ3n) is 4.71. The molecule has 1 atom stereocenters. The Kier molecular flexibility index (Phi) is 18.8. The second kappa shape index (κ2) is 19.2. The summed E-state index contributed by atoms with van der Waals surface area (Å²) in [5, 5.41) is 8.86. The fourth-order valence-electron chi connectivity index (χ4n) is 3.04. The van der Waals surface area contributed by atoms with Gasteiger partial charge < -0.3 is 9.84 Å². The van der Waals surface area contributed by atoms with Crippen molar-refractivity contribution in [2.45, 2.75) is 116 Å². The second-order valence-electron chi connectivity index (χ2n) is 7.30. The Bertz CT molecular complexity index is 347. The average Bonchev–Trinajstić information content (AvgIpc) is 2.62. The number of ketones is 1. The normalized spacial score (nSPS) is 12.1. The Labute approximate surface area is 165 Å². The van der Waals surface area contributed by atoms with Gasteiger partial charge in [0.05, 0.1) is 6.10 Å². The van der Waals surface area contributed by atoms with Crippen molar-refractivity contribution in [1.82, 2.24) is 0 Å². The second-order valence-corrected chi connectivity index (χ2v) is 7.67. The molecule has 0 bridgehead atoms. The number of hydrogen-bond acceptors (Lipinski definition) is 4. The van der Waals surface area contributed by atoms with Crippen LogP contribution in [0.3, 0.4) is 0 Å². The third kappa shape index (κ3) is 19.8. The van der Waals surface area contributed by atoms with Crippen LogP contribution in [0.25, 0.3) is 0 Å². The van der Waals surface area contributed by atoms with Gasteiger partial charge in [-0.1, -0.05) is 96.6 Å². The monoisotopic (exact) mass is 388 g/mol. The minimum Gasteiger partial charge on any atom is -0.455 e. The maximum absolute atomic E-state index is 11.8. The first kappa shape index (κ1) is 25.4. The number of carbonyl (C=O) groups is 2. The van der Waals surface area contributed by atoms with Gasteiger partial charge in [-0.3, -0.25) is 4.79 Å². The molecular weight excluding hydrogens is 348 g/mol. The van der Waals surface area contributed by atoms with E-state index in [1.54, 1.807) is 0 Å². The van der Waals surface area contributed by atoms with Crippen LogP contribution in [-0.4, -0.2) is 28.9 Å². The molecule has 1 unspecified atom stereocenters. The first-order valence-electron chi connectivity index (χ1n) is 10.6. The molecule has 1 N–H and O–H groups in total.